The van der Waals surface area contributed by atoms with Gasteiger partial charge in [0.1, 0.15) is 0 Å². The van der Waals surface area contributed by atoms with Crippen molar-refractivity contribution in [3.63, 3.8) is 0 Å². The summed E-state index contributed by atoms with van der Waals surface area (Å²) in [7, 11) is 1.87. The quantitative estimate of drug-likeness (QED) is 0.780. The molecule has 1 nitrogen and oxygen atoms in total. The van der Waals surface area contributed by atoms with Crippen molar-refractivity contribution < 1.29 is 13.2 Å². The van der Waals surface area contributed by atoms with E-state index in [-0.39, 0.29) is 6.04 Å². The molecule has 0 radical (unpaired) electrons. The number of hydrogen-bond donors (Lipinski definition) is 1. The smallest absolute Gasteiger partial charge is 0.316 e. The highest BCUT2D eigenvalue weighted by Crippen LogP contribution is 2.29. The lowest BCUT2D eigenvalue weighted by atomic mass is 10.0. The van der Waals surface area contributed by atoms with Gasteiger partial charge in [-0.25, -0.2) is 0 Å². The topological polar surface area (TPSA) is 12.0 Å². The van der Waals surface area contributed by atoms with Gasteiger partial charge in [-0.1, -0.05) is 12.1 Å². The molecule has 1 aromatic heterocycles. The highest BCUT2D eigenvalue weighted by molar-refractivity contribution is 9.10. The maximum atomic E-state index is 12.5. The molecule has 0 saturated heterocycles. The monoisotopic (exact) mass is 377 g/mol. The summed E-state index contributed by atoms with van der Waals surface area (Å²) in [5.41, 5.74) is 0.299. The van der Waals surface area contributed by atoms with Crippen LogP contribution < -0.4 is 5.32 Å². The number of halogens is 4. The second kappa shape index (κ2) is 6.94. The third kappa shape index (κ3) is 4.83. The van der Waals surface area contributed by atoms with Crippen molar-refractivity contribution in [3.05, 3.63) is 56.2 Å². The fourth-order valence-corrected chi connectivity index (χ4v) is 3.63. The van der Waals surface area contributed by atoms with Gasteiger partial charge in [0.2, 0.25) is 0 Å². The van der Waals surface area contributed by atoms with Crippen molar-refractivity contribution >= 4 is 27.3 Å². The Bertz CT molecular complexity index is 577. The summed E-state index contributed by atoms with van der Waals surface area (Å²) in [5.74, 6) is 0. The molecule has 2 rings (SSSR count). The van der Waals surface area contributed by atoms with Crippen molar-refractivity contribution in [2.75, 3.05) is 7.05 Å². The Morgan fingerprint density at radius 2 is 1.86 bits per heavy atom. The standard InChI is InChI=1S/C15H15BrF3NS/c1-20-13(8-14-7-12(16)9-21-14)6-10-2-4-11(5-3-10)15(17,18)19/h2-5,7,9,13,20H,6,8H2,1H3. The van der Waals surface area contributed by atoms with Crippen molar-refractivity contribution in [2.45, 2.75) is 25.1 Å². The first kappa shape index (κ1) is 16.5. The Morgan fingerprint density at radius 1 is 1.19 bits per heavy atom. The Labute approximate surface area is 134 Å². The minimum atomic E-state index is -4.27. The van der Waals surface area contributed by atoms with Crippen LogP contribution >= 0.6 is 27.3 Å². The number of rotatable bonds is 5. The van der Waals surface area contributed by atoms with Crippen molar-refractivity contribution in [2.24, 2.45) is 0 Å². The number of thiophene rings is 1. The maximum Gasteiger partial charge on any atom is 0.416 e. The third-order valence-electron chi connectivity index (χ3n) is 3.24. The molecule has 0 bridgehead atoms. The summed E-state index contributed by atoms with van der Waals surface area (Å²) in [4.78, 5) is 1.24. The molecule has 1 aromatic carbocycles. The van der Waals surface area contributed by atoms with Gasteiger partial charge in [0.25, 0.3) is 0 Å². The van der Waals surface area contributed by atoms with Crippen molar-refractivity contribution in [1.29, 1.82) is 0 Å². The number of alkyl halides is 3. The second-order valence-corrected chi connectivity index (χ2v) is 6.73. The molecule has 0 aliphatic heterocycles. The summed E-state index contributed by atoms with van der Waals surface area (Å²) in [5, 5.41) is 5.25. The van der Waals surface area contributed by atoms with Crippen LogP contribution in [-0.2, 0) is 19.0 Å². The second-order valence-electron chi connectivity index (χ2n) is 4.82. The van der Waals surface area contributed by atoms with Crippen LogP contribution in [0.25, 0.3) is 0 Å². The van der Waals surface area contributed by atoms with Crippen molar-refractivity contribution in [1.82, 2.24) is 5.32 Å². The van der Waals surface area contributed by atoms with Gasteiger partial charge in [-0.3, -0.25) is 0 Å². The largest absolute Gasteiger partial charge is 0.416 e. The van der Waals surface area contributed by atoms with E-state index in [1.165, 1.54) is 4.88 Å². The van der Waals surface area contributed by atoms with E-state index in [9.17, 15) is 13.2 Å². The van der Waals surface area contributed by atoms with E-state index in [4.69, 9.17) is 0 Å². The Hall–Kier alpha value is -0.850. The van der Waals surface area contributed by atoms with Crippen molar-refractivity contribution in [3.8, 4) is 0 Å². The lowest BCUT2D eigenvalue weighted by Crippen LogP contribution is -2.29. The molecule has 1 unspecified atom stereocenters. The van der Waals surface area contributed by atoms with Gasteiger partial charge in [0.15, 0.2) is 0 Å². The average molecular weight is 378 g/mol. The molecule has 6 heteroatoms. The zero-order chi connectivity index (χ0) is 15.5. The van der Waals surface area contributed by atoms with Crippen LogP contribution in [-0.4, -0.2) is 13.1 Å². The minimum absolute atomic E-state index is 0.201. The summed E-state index contributed by atoms with van der Waals surface area (Å²) < 4.78 is 38.6. The van der Waals surface area contributed by atoms with E-state index >= 15 is 0 Å². The molecule has 1 atom stereocenters. The highest BCUT2D eigenvalue weighted by atomic mass is 79.9. The third-order valence-corrected chi connectivity index (χ3v) is 4.96. The predicted molar refractivity (Wildman–Crippen MR) is 83.7 cm³/mol. The van der Waals surface area contributed by atoms with Crippen LogP contribution in [0.2, 0.25) is 0 Å². The molecule has 0 aliphatic carbocycles. The first-order chi connectivity index (χ1) is 9.88. The first-order valence-corrected chi connectivity index (χ1v) is 8.12. The van der Waals surface area contributed by atoms with Crippen LogP contribution in [0.4, 0.5) is 13.2 Å². The Balaban J connectivity index is 2.01. The number of hydrogen-bond acceptors (Lipinski definition) is 2. The van der Waals surface area contributed by atoms with E-state index in [1.807, 2.05) is 12.4 Å². The van der Waals surface area contributed by atoms with Crippen LogP contribution in [0.1, 0.15) is 16.0 Å². The van der Waals surface area contributed by atoms with Crippen LogP contribution in [0.15, 0.2) is 40.2 Å². The van der Waals surface area contributed by atoms with Crippen LogP contribution in [0.5, 0.6) is 0 Å². The molecule has 2 aromatic rings. The van der Waals surface area contributed by atoms with Gasteiger partial charge in [-0.05, 0) is 59.6 Å². The maximum absolute atomic E-state index is 12.5. The van der Waals surface area contributed by atoms with Crippen LogP contribution in [0.3, 0.4) is 0 Å². The molecule has 0 saturated carbocycles. The predicted octanol–water partition coefficient (Wildman–Crippen LogP) is 4.90. The number of benzene rings is 1. The van der Waals surface area contributed by atoms with Gasteiger partial charge in [0, 0.05) is 20.8 Å². The van der Waals surface area contributed by atoms with Gasteiger partial charge in [-0.2, -0.15) is 13.2 Å². The number of nitrogens with one attached hydrogen (secondary N) is 1. The summed E-state index contributed by atoms with van der Waals surface area (Å²) in [6.07, 6.45) is -2.72. The Morgan fingerprint density at radius 3 is 2.33 bits per heavy atom. The molecular formula is C15H15BrF3NS. The molecule has 114 valence electrons. The molecule has 0 amide bonds. The zero-order valence-corrected chi connectivity index (χ0v) is 13.8. The lowest BCUT2D eigenvalue weighted by molar-refractivity contribution is -0.137. The van der Waals surface area contributed by atoms with Gasteiger partial charge >= 0.3 is 6.18 Å². The lowest BCUT2D eigenvalue weighted by Gasteiger charge is -2.16. The molecule has 0 aliphatic rings. The van der Waals surface area contributed by atoms with E-state index in [2.05, 4.69) is 27.3 Å². The van der Waals surface area contributed by atoms with E-state index < -0.39 is 11.7 Å². The van der Waals surface area contributed by atoms with E-state index in [1.54, 1.807) is 23.5 Å². The van der Waals surface area contributed by atoms with E-state index in [0.717, 1.165) is 28.6 Å². The fraction of sp³-hybridized carbons (Fsp3) is 0.333. The van der Waals surface area contributed by atoms with Gasteiger partial charge in [0.05, 0.1) is 5.56 Å². The summed E-state index contributed by atoms with van der Waals surface area (Å²) >= 11 is 5.09. The SMILES string of the molecule is CNC(Cc1ccc(C(F)(F)F)cc1)Cc1cc(Br)cs1. The summed E-state index contributed by atoms with van der Waals surface area (Å²) in [6, 6.07) is 7.66. The zero-order valence-electron chi connectivity index (χ0n) is 11.4. The summed E-state index contributed by atoms with van der Waals surface area (Å²) in [6.45, 7) is 0. The van der Waals surface area contributed by atoms with Gasteiger partial charge in [-0.15, -0.1) is 11.3 Å². The molecule has 0 spiro atoms. The molecule has 21 heavy (non-hydrogen) atoms. The number of likely N-dealkylation sites (N-methyl/N-ethyl adjacent to an activating group) is 1. The highest BCUT2D eigenvalue weighted by Gasteiger charge is 2.29. The van der Waals surface area contributed by atoms with E-state index in [0.29, 0.717) is 6.42 Å². The van der Waals surface area contributed by atoms with Gasteiger partial charge < -0.3 is 5.32 Å². The first-order valence-electron chi connectivity index (χ1n) is 6.45. The normalized spacial score (nSPS) is 13.4. The fourth-order valence-electron chi connectivity index (χ4n) is 2.09. The molecule has 1 N–H and O–H groups in total. The van der Waals surface area contributed by atoms with Crippen LogP contribution in [0, 0.1) is 0 Å². The Kier molecular flexibility index (Phi) is 5.46. The minimum Gasteiger partial charge on any atom is -0.316 e. The molecule has 0 fully saturated rings. The molecular weight excluding hydrogens is 363 g/mol. The average Bonchev–Trinajstić information content (AvgIpc) is 2.83. The molecule has 1 heterocycles.